The molecule has 1 heteroatoms. The molecule has 1 nitrogen and oxygen atoms in total. The molecule has 4 rings (SSSR count). The summed E-state index contributed by atoms with van der Waals surface area (Å²) in [5.74, 6) is 1.06. The summed E-state index contributed by atoms with van der Waals surface area (Å²) in [5.41, 5.74) is 5.22. The van der Waals surface area contributed by atoms with Gasteiger partial charge in [-0.3, -0.25) is 4.79 Å². The quantitative estimate of drug-likeness (QED) is 0.757. The van der Waals surface area contributed by atoms with E-state index in [-0.39, 0.29) is 5.78 Å². The van der Waals surface area contributed by atoms with Crippen molar-refractivity contribution in [2.75, 3.05) is 0 Å². The molecular formula is C19H16O. The Hall–Kier alpha value is -2.15. The van der Waals surface area contributed by atoms with Gasteiger partial charge in [0.2, 0.25) is 0 Å². The van der Waals surface area contributed by atoms with Crippen molar-refractivity contribution < 1.29 is 4.79 Å². The van der Waals surface area contributed by atoms with Crippen molar-refractivity contribution in [3.8, 4) is 0 Å². The minimum absolute atomic E-state index is 0.266. The zero-order valence-electron chi connectivity index (χ0n) is 11.3. The molecule has 20 heavy (non-hydrogen) atoms. The Morgan fingerprint density at radius 3 is 2.40 bits per heavy atom. The summed E-state index contributed by atoms with van der Waals surface area (Å²) in [7, 11) is 0. The summed E-state index contributed by atoms with van der Waals surface area (Å²) >= 11 is 0. The highest BCUT2D eigenvalue weighted by atomic mass is 16.1. The number of carbonyl (C=O) groups is 1. The van der Waals surface area contributed by atoms with Gasteiger partial charge in [0.1, 0.15) is 0 Å². The van der Waals surface area contributed by atoms with Gasteiger partial charge in [0.15, 0.2) is 5.78 Å². The lowest BCUT2D eigenvalue weighted by atomic mass is 9.75. The number of fused-ring (bicyclic) bond motifs is 3. The molecule has 2 aromatic rings. The zero-order valence-corrected chi connectivity index (χ0v) is 11.3. The summed E-state index contributed by atoms with van der Waals surface area (Å²) < 4.78 is 0. The number of benzene rings is 2. The second-order valence-electron chi connectivity index (χ2n) is 5.76. The van der Waals surface area contributed by atoms with E-state index in [0.717, 1.165) is 6.42 Å². The fourth-order valence-electron chi connectivity index (χ4n) is 3.71. The van der Waals surface area contributed by atoms with E-state index in [2.05, 4.69) is 48.5 Å². The average molecular weight is 260 g/mol. The Bertz CT molecular complexity index is 697. The van der Waals surface area contributed by atoms with Crippen LogP contribution in [0.1, 0.15) is 29.0 Å². The van der Waals surface area contributed by atoms with Crippen LogP contribution in [-0.2, 0) is 11.2 Å². The molecule has 0 spiro atoms. The second-order valence-corrected chi connectivity index (χ2v) is 5.76. The van der Waals surface area contributed by atoms with Gasteiger partial charge in [-0.15, -0.1) is 0 Å². The molecule has 0 radical (unpaired) electrons. The SMILES string of the molecule is O=C1C=C2c3ccccc3C[C@H]2[C@H](c2ccccc2)C1. The van der Waals surface area contributed by atoms with E-state index < -0.39 is 0 Å². The highest BCUT2D eigenvalue weighted by Gasteiger charge is 2.37. The maximum atomic E-state index is 12.1. The molecule has 2 aromatic carbocycles. The first-order chi connectivity index (χ1) is 9.83. The van der Waals surface area contributed by atoms with Gasteiger partial charge in [-0.25, -0.2) is 0 Å². The summed E-state index contributed by atoms with van der Waals surface area (Å²) in [6, 6.07) is 19.0. The van der Waals surface area contributed by atoms with Crippen LogP contribution in [0.25, 0.3) is 5.57 Å². The van der Waals surface area contributed by atoms with E-state index >= 15 is 0 Å². The summed E-state index contributed by atoms with van der Waals surface area (Å²) in [5, 5.41) is 0. The molecule has 98 valence electrons. The monoisotopic (exact) mass is 260 g/mol. The minimum Gasteiger partial charge on any atom is -0.295 e. The fraction of sp³-hybridized carbons (Fsp3) is 0.211. The van der Waals surface area contributed by atoms with Crippen LogP contribution in [0.5, 0.6) is 0 Å². The van der Waals surface area contributed by atoms with E-state index in [4.69, 9.17) is 0 Å². The standard InChI is InChI=1S/C19H16O/c20-15-11-17(13-6-2-1-3-7-13)18-10-14-8-4-5-9-16(14)19(18)12-15/h1-9,12,17-18H,10-11H2/t17-,18-/m0/s1. The molecule has 2 atom stereocenters. The third-order valence-corrected chi connectivity index (χ3v) is 4.62. The number of hydrogen-bond donors (Lipinski definition) is 0. The van der Waals surface area contributed by atoms with Crippen LogP contribution in [0, 0.1) is 5.92 Å². The van der Waals surface area contributed by atoms with Crippen molar-refractivity contribution in [3.05, 3.63) is 77.4 Å². The van der Waals surface area contributed by atoms with Gasteiger partial charge in [0.25, 0.3) is 0 Å². The Balaban J connectivity index is 1.81. The van der Waals surface area contributed by atoms with Gasteiger partial charge in [0, 0.05) is 6.42 Å². The first-order valence-corrected chi connectivity index (χ1v) is 7.20. The molecule has 2 aliphatic rings. The Morgan fingerprint density at radius 2 is 1.55 bits per heavy atom. The van der Waals surface area contributed by atoms with Gasteiger partial charge in [-0.1, -0.05) is 54.6 Å². The van der Waals surface area contributed by atoms with Crippen LogP contribution in [0.15, 0.2) is 60.7 Å². The van der Waals surface area contributed by atoms with Crippen LogP contribution in [0.4, 0.5) is 0 Å². The maximum absolute atomic E-state index is 12.1. The van der Waals surface area contributed by atoms with Crippen molar-refractivity contribution in [2.45, 2.75) is 18.8 Å². The summed E-state index contributed by atoms with van der Waals surface area (Å²) in [6.45, 7) is 0. The van der Waals surface area contributed by atoms with Crippen LogP contribution in [0.2, 0.25) is 0 Å². The third-order valence-electron chi connectivity index (χ3n) is 4.62. The van der Waals surface area contributed by atoms with Crippen molar-refractivity contribution in [2.24, 2.45) is 5.92 Å². The van der Waals surface area contributed by atoms with Gasteiger partial charge in [-0.2, -0.15) is 0 Å². The molecule has 0 saturated carbocycles. The lowest BCUT2D eigenvalue weighted by molar-refractivity contribution is -0.115. The molecule has 0 saturated heterocycles. The first-order valence-electron chi connectivity index (χ1n) is 7.20. The molecular weight excluding hydrogens is 244 g/mol. The topological polar surface area (TPSA) is 17.1 Å². The highest BCUT2D eigenvalue weighted by molar-refractivity contribution is 6.01. The molecule has 0 unspecified atom stereocenters. The normalized spacial score (nSPS) is 24.0. The van der Waals surface area contributed by atoms with Crippen molar-refractivity contribution >= 4 is 11.4 Å². The Morgan fingerprint density at radius 1 is 0.800 bits per heavy atom. The smallest absolute Gasteiger partial charge is 0.156 e. The van der Waals surface area contributed by atoms with E-state index in [9.17, 15) is 4.79 Å². The molecule has 0 heterocycles. The predicted molar refractivity (Wildman–Crippen MR) is 80.4 cm³/mol. The van der Waals surface area contributed by atoms with Crippen LogP contribution in [0.3, 0.4) is 0 Å². The summed E-state index contributed by atoms with van der Waals surface area (Å²) in [4.78, 5) is 12.1. The van der Waals surface area contributed by atoms with Gasteiger partial charge in [-0.05, 0) is 46.6 Å². The lowest BCUT2D eigenvalue weighted by Crippen LogP contribution is -2.21. The molecule has 0 aliphatic heterocycles. The van der Waals surface area contributed by atoms with Crippen LogP contribution >= 0.6 is 0 Å². The molecule has 0 fully saturated rings. The molecule has 0 N–H and O–H groups in total. The predicted octanol–water partition coefficient (Wildman–Crippen LogP) is 4.00. The number of allylic oxidation sites excluding steroid dienone is 2. The Labute approximate surface area is 119 Å². The van der Waals surface area contributed by atoms with E-state index in [1.54, 1.807) is 0 Å². The molecule has 0 aromatic heterocycles. The lowest BCUT2D eigenvalue weighted by Gasteiger charge is -2.28. The van der Waals surface area contributed by atoms with Gasteiger partial charge < -0.3 is 0 Å². The largest absolute Gasteiger partial charge is 0.295 e. The van der Waals surface area contributed by atoms with Crippen molar-refractivity contribution in [1.82, 2.24) is 0 Å². The van der Waals surface area contributed by atoms with Gasteiger partial charge >= 0.3 is 0 Å². The summed E-state index contributed by atoms with van der Waals surface area (Å²) in [6.07, 6.45) is 3.59. The minimum atomic E-state index is 0.266. The first kappa shape index (κ1) is 11.7. The van der Waals surface area contributed by atoms with Crippen LogP contribution in [-0.4, -0.2) is 5.78 Å². The number of carbonyl (C=O) groups excluding carboxylic acids is 1. The number of rotatable bonds is 1. The van der Waals surface area contributed by atoms with E-state index in [1.165, 1.54) is 22.3 Å². The fourth-order valence-corrected chi connectivity index (χ4v) is 3.71. The van der Waals surface area contributed by atoms with Crippen LogP contribution < -0.4 is 0 Å². The maximum Gasteiger partial charge on any atom is 0.156 e. The number of ketones is 1. The van der Waals surface area contributed by atoms with E-state index in [0.29, 0.717) is 18.3 Å². The highest BCUT2D eigenvalue weighted by Crippen LogP contribution is 2.48. The van der Waals surface area contributed by atoms with E-state index in [1.807, 2.05) is 12.1 Å². The zero-order chi connectivity index (χ0) is 13.5. The second kappa shape index (κ2) is 4.45. The van der Waals surface area contributed by atoms with Crippen molar-refractivity contribution in [3.63, 3.8) is 0 Å². The molecule has 0 bridgehead atoms. The molecule has 0 amide bonds. The van der Waals surface area contributed by atoms with Crippen molar-refractivity contribution in [1.29, 1.82) is 0 Å². The average Bonchev–Trinajstić information content (AvgIpc) is 2.86. The Kier molecular flexibility index (Phi) is 2.59. The third kappa shape index (κ3) is 1.74. The van der Waals surface area contributed by atoms with Gasteiger partial charge in [0.05, 0.1) is 0 Å². The number of hydrogen-bond acceptors (Lipinski definition) is 1. The molecule has 2 aliphatic carbocycles.